The summed E-state index contributed by atoms with van der Waals surface area (Å²) in [5.74, 6) is -1.24. The highest BCUT2D eigenvalue weighted by molar-refractivity contribution is 7.89. The topological polar surface area (TPSA) is 122 Å². The Hall–Kier alpha value is -3.57. The van der Waals surface area contributed by atoms with E-state index in [2.05, 4.69) is 15.2 Å². The van der Waals surface area contributed by atoms with Crippen LogP contribution in [0, 0.1) is 19.7 Å². The summed E-state index contributed by atoms with van der Waals surface area (Å²) in [6, 6.07) is 9.03. The van der Waals surface area contributed by atoms with Crippen molar-refractivity contribution in [2.75, 3.05) is 11.9 Å². The largest absolute Gasteiger partial charge is 0.360 e. The van der Waals surface area contributed by atoms with Crippen LogP contribution in [0.1, 0.15) is 28.2 Å². The zero-order valence-corrected chi connectivity index (χ0v) is 19.1. The molecule has 9 nitrogen and oxygen atoms in total. The third-order valence-corrected chi connectivity index (χ3v) is 7.90. The van der Waals surface area contributed by atoms with Crippen LogP contribution in [-0.4, -0.2) is 48.9 Å². The van der Waals surface area contributed by atoms with Gasteiger partial charge in [0, 0.05) is 12.1 Å². The molecule has 2 aromatic carbocycles. The van der Waals surface area contributed by atoms with E-state index in [0.29, 0.717) is 11.1 Å². The van der Waals surface area contributed by atoms with Crippen LogP contribution < -0.4 is 10.0 Å². The summed E-state index contributed by atoms with van der Waals surface area (Å²) in [7, 11) is -4.05. The fourth-order valence-corrected chi connectivity index (χ4v) is 6.24. The molecule has 5 rings (SSSR count). The molecule has 0 aliphatic carbocycles. The number of anilines is 1. The lowest BCUT2D eigenvalue weighted by molar-refractivity contribution is -0.120. The molecule has 2 atom stereocenters. The van der Waals surface area contributed by atoms with E-state index in [9.17, 15) is 22.4 Å². The fourth-order valence-electron chi connectivity index (χ4n) is 4.64. The van der Waals surface area contributed by atoms with Gasteiger partial charge in [-0.15, -0.1) is 0 Å². The predicted molar refractivity (Wildman–Crippen MR) is 120 cm³/mol. The normalized spacial score (nSPS) is 20.0. The van der Waals surface area contributed by atoms with Crippen LogP contribution in [0.5, 0.6) is 0 Å². The third-order valence-electron chi connectivity index (χ3n) is 6.16. The summed E-state index contributed by atoms with van der Waals surface area (Å²) >= 11 is 0. The summed E-state index contributed by atoms with van der Waals surface area (Å²) in [5.41, 5.74) is 1.53. The van der Waals surface area contributed by atoms with Gasteiger partial charge >= 0.3 is 0 Å². The average molecular weight is 485 g/mol. The molecule has 1 aromatic heterocycles. The first kappa shape index (κ1) is 22.2. The Morgan fingerprint density at radius 3 is 2.62 bits per heavy atom. The highest BCUT2D eigenvalue weighted by Gasteiger charge is 2.46. The van der Waals surface area contributed by atoms with Gasteiger partial charge in [0.2, 0.25) is 15.9 Å². The number of halogens is 1. The van der Waals surface area contributed by atoms with Gasteiger partial charge < -0.3 is 14.7 Å². The highest BCUT2D eigenvalue weighted by atomic mass is 32.2. The third kappa shape index (κ3) is 3.57. The maximum absolute atomic E-state index is 14.3. The van der Waals surface area contributed by atoms with E-state index >= 15 is 0 Å². The average Bonchev–Trinajstić information content (AvgIpc) is 3.33. The van der Waals surface area contributed by atoms with Gasteiger partial charge in [0.1, 0.15) is 22.4 Å². The Morgan fingerprint density at radius 2 is 1.91 bits per heavy atom. The molecule has 34 heavy (non-hydrogen) atoms. The van der Waals surface area contributed by atoms with Gasteiger partial charge in [-0.2, -0.15) is 0 Å². The smallest absolute Gasteiger partial charge is 0.256 e. The number of carbonyl (C=O) groups is 2. The Balaban J connectivity index is 1.47. The molecule has 1 saturated heterocycles. The van der Waals surface area contributed by atoms with Gasteiger partial charge in [-0.25, -0.2) is 17.5 Å². The van der Waals surface area contributed by atoms with Crippen molar-refractivity contribution >= 4 is 27.5 Å². The maximum atomic E-state index is 14.3. The second kappa shape index (κ2) is 8.03. The molecule has 176 valence electrons. The van der Waals surface area contributed by atoms with E-state index < -0.39 is 39.7 Å². The standard InChI is InChI=1S/C23H21FN4O5S/c1-12-21(13(2)33-26-12)34(31,32)27-19-9-10-28-20(19)22(29)25-18-8-7-14(11-16(18)23(28)30)15-5-3-4-6-17(15)24/h3-8,11,19-20,27H,9-10H2,1-2H3,(H,25,29). The number of aryl methyl sites for hydroxylation is 2. The number of aromatic nitrogens is 1. The molecule has 2 amide bonds. The number of hydrogen-bond acceptors (Lipinski definition) is 6. The molecule has 0 radical (unpaired) electrons. The fraction of sp³-hybridized carbons (Fsp3) is 0.261. The van der Waals surface area contributed by atoms with Crippen molar-refractivity contribution in [2.45, 2.75) is 37.2 Å². The molecule has 3 aromatic rings. The number of fused-ring (bicyclic) bond motifs is 2. The summed E-state index contributed by atoms with van der Waals surface area (Å²) in [4.78, 5) is 27.8. The van der Waals surface area contributed by atoms with Gasteiger partial charge in [-0.1, -0.05) is 29.4 Å². The molecule has 0 saturated carbocycles. The van der Waals surface area contributed by atoms with Crippen molar-refractivity contribution in [3.63, 3.8) is 0 Å². The van der Waals surface area contributed by atoms with E-state index in [1.165, 1.54) is 24.8 Å². The predicted octanol–water partition coefficient (Wildman–Crippen LogP) is 2.61. The van der Waals surface area contributed by atoms with Crippen LogP contribution in [-0.2, 0) is 14.8 Å². The Kier molecular flexibility index (Phi) is 5.25. The number of rotatable bonds is 4. The van der Waals surface area contributed by atoms with Crippen LogP contribution in [0.2, 0.25) is 0 Å². The molecule has 0 spiro atoms. The van der Waals surface area contributed by atoms with Crippen molar-refractivity contribution in [3.05, 3.63) is 65.3 Å². The lowest BCUT2D eigenvalue weighted by Crippen LogP contribution is -2.51. The number of nitrogens with one attached hydrogen (secondary N) is 2. The van der Waals surface area contributed by atoms with E-state index in [0.717, 1.165) is 0 Å². The molecular formula is C23H21FN4O5S. The summed E-state index contributed by atoms with van der Waals surface area (Å²) in [5, 5.41) is 6.41. The quantitative estimate of drug-likeness (QED) is 0.587. The molecule has 2 aliphatic heterocycles. The second-order valence-electron chi connectivity index (χ2n) is 8.34. The van der Waals surface area contributed by atoms with Crippen molar-refractivity contribution in [1.29, 1.82) is 0 Å². The first-order valence-corrected chi connectivity index (χ1v) is 12.1. The lowest BCUT2D eigenvalue weighted by atomic mass is 10.0. The van der Waals surface area contributed by atoms with E-state index in [1.54, 1.807) is 36.4 Å². The second-order valence-corrected chi connectivity index (χ2v) is 9.99. The molecule has 2 aliphatic rings. The highest BCUT2D eigenvalue weighted by Crippen LogP contribution is 2.33. The van der Waals surface area contributed by atoms with E-state index in [4.69, 9.17) is 4.52 Å². The monoisotopic (exact) mass is 484 g/mol. The summed E-state index contributed by atoms with van der Waals surface area (Å²) in [6.45, 7) is 3.17. The van der Waals surface area contributed by atoms with Crippen molar-refractivity contribution in [2.24, 2.45) is 0 Å². The number of sulfonamides is 1. The van der Waals surface area contributed by atoms with Gasteiger partial charge in [-0.3, -0.25) is 9.59 Å². The minimum absolute atomic E-state index is 0.0795. The van der Waals surface area contributed by atoms with Crippen LogP contribution >= 0.6 is 0 Å². The van der Waals surface area contributed by atoms with Gasteiger partial charge in [0.15, 0.2) is 5.76 Å². The number of hydrogen-bond donors (Lipinski definition) is 2. The maximum Gasteiger partial charge on any atom is 0.256 e. The van der Waals surface area contributed by atoms with Crippen LogP contribution in [0.25, 0.3) is 11.1 Å². The Bertz CT molecular complexity index is 1420. The van der Waals surface area contributed by atoms with Crippen molar-refractivity contribution in [3.8, 4) is 11.1 Å². The van der Waals surface area contributed by atoms with Crippen LogP contribution in [0.4, 0.5) is 10.1 Å². The zero-order chi connectivity index (χ0) is 24.2. The van der Waals surface area contributed by atoms with Gasteiger partial charge in [0.25, 0.3) is 5.91 Å². The van der Waals surface area contributed by atoms with Crippen molar-refractivity contribution < 1.29 is 26.9 Å². The van der Waals surface area contributed by atoms with E-state index in [-0.39, 0.29) is 40.6 Å². The number of amides is 2. The number of benzene rings is 2. The summed E-state index contributed by atoms with van der Waals surface area (Å²) in [6.07, 6.45) is 0.245. The minimum atomic E-state index is -4.05. The minimum Gasteiger partial charge on any atom is -0.360 e. The number of nitrogens with zero attached hydrogens (tertiary/aromatic N) is 2. The van der Waals surface area contributed by atoms with Gasteiger partial charge in [0.05, 0.1) is 17.3 Å². The molecule has 2 N–H and O–H groups in total. The molecule has 11 heteroatoms. The first-order valence-electron chi connectivity index (χ1n) is 10.6. The molecule has 0 bridgehead atoms. The molecular weight excluding hydrogens is 463 g/mol. The zero-order valence-electron chi connectivity index (χ0n) is 18.3. The SMILES string of the molecule is Cc1noc(C)c1S(=O)(=O)NC1CCN2C(=O)c3cc(-c4ccccc4F)ccc3NC(=O)C12. The summed E-state index contributed by atoms with van der Waals surface area (Å²) < 4.78 is 47.8. The van der Waals surface area contributed by atoms with E-state index in [1.807, 2.05) is 0 Å². The first-order chi connectivity index (χ1) is 16.2. The Morgan fingerprint density at radius 1 is 1.15 bits per heavy atom. The van der Waals surface area contributed by atoms with Gasteiger partial charge in [-0.05, 0) is 44.0 Å². The molecule has 2 unspecified atom stereocenters. The Labute approximate surface area is 195 Å². The van der Waals surface area contributed by atoms with Crippen molar-refractivity contribution in [1.82, 2.24) is 14.8 Å². The number of carbonyl (C=O) groups excluding carboxylic acids is 2. The lowest BCUT2D eigenvalue weighted by Gasteiger charge is -2.24. The van der Waals surface area contributed by atoms with Crippen LogP contribution in [0.15, 0.2) is 51.9 Å². The van der Waals surface area contributed by atoms with Crippen LogP contribution in [0.3, 0.4) is 0 Å². The molecule has 1 fully saturated rings. The molecule has 3 heterocycles.